The maximum Gasteiger partial charge on any atom is 0.317 e. The number of amides is 1. The number of carboxylic acids is 1. The molecule has 0 aliphatic rings. The second kappa shape index (κ2) is 5.73. The number of nitro benzene ring substituents is 1. The van der Waals surface area contributed by atoms with Crippen LogP contribution in [0.4, 0.5) is 5.69 Å². The highest BCUT2D eigenvalue weighted by molar-refractivity contribution is 5.93. The van der Waals surface area contributed by atoms with Crippen molar-refractivity contribution in [1.29, 1.82) is 0 Å². The predicted octanol–water partition coefficient (Wildman–Crippen LogP) is -0.132. The standard InChI is InChI=1S/C10H11N3O5/c11-10(16)6-1-2-7(4-12-5-9(14)15)8(3-6)13(17)18/h1-3,12H,4-5H2,(H2,11,16)(H,14,15). The minimum atomic E-state index is -1.06. The van der Waals surface area contributed by atoms with Crippen LogP contribution in [-0.2, 0) is 11.3 Å². The molecule has 1 aromatic rings. The van der Waals surface area contributed by atoms with Crippen LogP contribution >= 0.6 is 0 Å². The Morgan fingerprint density at radius 1 is 1.44 bits per heavy atom. The van der Waals surface area contributed by atoms with Crippen molar-refractivity contribution in [2.75, 3.05) is 6.54 Å². The molecule has 0 aromatic heterocycles. The smallest absolute Gasteiger partial charge is 0.317 e. The fourth-order valence-corrected chi connectivity index (χ4v) is 1.34. The Balaban J connectivity index is 2.93. The number of carbonyl (C=O) groups excluding carboxylic acids is 1. The van der Waals surface area contributed by atoms with Crippen molar-refractivity contribution in [2.45, 2.75) is 6.54 Å². The molecule has 1 rings (SSSR count). The van der Waals surface area contributed by atoms with Crippen molar-refractivity contribution in [3.05, 3.63) is 39.4 Å². The molecule has 0 unspecified atom stereocenters. The Bertz CT molecular complexity index is 500. The molecule has 0 aliphatic carbocycles. The Hall–Kier alpha value is -2.48. The van der Waals surface area contributed by atoms with Crippen LogP contribution in [0.25, 0.3) is 0 Å². The highest BCUT2D eigenvalue weighted by Crippen LogP contribution is 2.20. The highest BCUT2D eigenvalue weighted by atomic mass is 16.6. The van der Waals surface area contributed by atoms with E-state index in [1.165, 1.54) is 12.1 Å². The van der Waals surface area contributed by atoms with Gasteiger partial charge in [0, 0.05) is 23.7 Å². The van der Waals surface area contributed by atoms with E-state index in [0.717, 1.165) is 6.07 Å². The third-order valence-corrected chi connectivity index (χ3v) is 2.16. The summed E-state index contributed by atoms with van der Waals surface area (Å²) >= 11 is 0. The van der Waals surface area contributed by atoms with Crippen LogP contribution in [0.5, 0.6) is 0 Å². The summed E-state index contributed by atoms with van der Waals surface area (Å²) in [6.07, 6.45) is 0. The van der Waals surface area contributed by atoms with E-state index in [1.807, 2.05) is 0 Å². The van der Waals surface area contributed by atoms with Crippen LogP contribution in [0.15, 0.2) is 18.2 Å². The number of primary amides is 1. The normalized spacial score (nSPS) is 10.0. The summed E-state index contributed by atoms with van der Waals surface area (Å²) in [6, 6.07) is 3.79. The predicted molar refractivity (Wildman–Crippen MR) is 61.0 cm³/mol. The molecule has 0 fully saturated rings. The summed E-state index contributed by atoms with van der Waals surface area (Å²) in [4.78, 5) is 31.3. The fourth-order valence-electron chi connectivity index (χ4n) is 1.34. The number of aliphatic carboxylic acids is 1. The summed E-state index contributed by atoms with van der Waals surface area (Å²) in [6.45, 7) is -0.295. The molecule has 0 aliphatic heterocycles. The number of nitrogens with two attached hydrogens (primary N) is 1. The van der Waals surface area contributed by atoms with Gasteiger partial charge in [0.15, 0.2) is 0 Å². The summed E-state index contributed by atoms with van der Waals surface area (Å²) in [5, 5.41) is 21.8. The zero-order valence-corrected chi connectivity index (χ0v) is 9.25. The van der Waals surface area contributed by atoms with Gasteiger partial charge in [0.25, 0.3) is 5.69 Å². The molecule has 0 radical (unpaired) electrons. The molecule has 8 heteroatoms. The second-order valence-electron chi connectivity index (χ2n) is 3.46. The van der Waals surface area contributed by atoms with Crippen molar-refractivity contribution in [3.8, 4) is 0 Å². The van der Waals surface area contributed by atoms with Crippen LogP contribution in [0.3, 0.4) is 0 Å². The maximum absolute atomic E-state index is 10.9. The largest absolute Gasteiger partial charge is 0.480 e. The molecule has 8 nitrogen and oxygen atoms in total. The van der Waals surface area contributed by atoms with Gasteiger partial charge in [-0.05, 0) is 6.07 Å². The van der Waals surface area contributed by atoms with Crippen molar-refractivity contribution in [1.82, 2.24) is 5.32 Å². The molecule has 1 amide bonds. The van der Waals surface area contributed by atoms with Gasteiger partial charge >= 0.3 is 5.97 Å². The van der Waals surface area contributed by atoms with Crippen LogP contribution in [0.1, 0.15) is 15.9 Å². The molecule has 4 N–H and O–H groups in total. The summed E-state index contributed by atoms with van der Waals surface area (Å²) in [5.41, 5.74) is 5.06. The molecule has 0 saturated carbocycles. The van der Waals surface area contributed by atoms with Crippen LogP contribution < -0.4 is 11.1 Å². The van der Waals surface area contributed by atoms with Gasteiger partial charge in [-0.25, -0.2) is 0 Å². The molecular weight excluding hydrogens is 242 g/mol. The molecule has 18 heavy (non-hydrogen) atoms. The van der Waals surface area contributed by atoms with E-state index < -0.39 is 16.8 Å². The number of hydrogen-bond donors (Lipinski definition) is 3. The van der Waals surface area contributed by atoms with Crippen molar-refractivity contribution >= 4 is 17.6 Å². The summed E-state index contributed by atoms with van der Waals surface area (Å²) < 4.78 is 0. The number of nitro groups is 1. The number of benzene rings is 1. The first-order chi connectivity index (χ1) is 8.41. The molecule has 0 bridgehead atoms. The Kier molecular flexibility index (Phi) is 4.33. The maximum atomic E-state index is 10.9. The Morgan fingerprint density at radius 2 is 2.11 bits per heavy atom. The van der Waals surface area contributed by atoms with Crippen LogP contribution in [-0.4, -0.2) is 28.5 Å². The zero-order valence-electron chi connectivity index (χ0n) is 9.25. The number of hydrogen-bond acceptors (Lipinski definition) is 5. The topological polar surface area (TPSA) is 136 Å². The van der Waals surface area contributed by atoms with Crippen molar-refractivity contribution < 1.29 is 19.6 Å². The third kappa shape index (κ3) is 3.52. The van der Waals surface area contributed by atoms with Gasteiger partial charge in [0.2, 0.25) is 5.91 Å². The van der Waals surface area contributed by atoms with Crippen LogP contribution in [0.2, 0.25) is 0 Å². The van der Waals surface area contributed by atoms with Gasteiger partial charge in [-0.3, -0.25) is 19.7 Å². The molecular formula is C10H11N3O5. The van der Waals surface area contributed by atoms with Crippen molar-refractivity contribution in [3.63, 3.8) is 0 Å². The summed E-state index contributed by atoms with van der Waals surface area (Å²) in [7, 11) is 0. The first kappa shape index (κ1) is 13.6. The number of rotatable bonds is 6. The molecule has 0 spiro atoms. The lowest BCUT2D eigenvalue weighted by Gasteiger charge is -2.04. The number of carboxylic acid groups (broad SMARTS) is 1. The van der Waals surface area contributed by atoms with E-state index in [2.05, 4.69) is 5.32 Å². The highest BCUT2D eigenvalue weighted by Gasteiger charge is 2.16. The first-order valence-corrected chi connectivity index (χ1v) is 4.91. The quantitative estimate of drug-likeness (QED) is 0.477. The van der Waals surface area contributed by atoms with E-state index in [4.69, 9.17) is 10.8 Å². The van der Waals surface area contributed by atoms with Crippen LogP contribution in [0, 0.1) is 10.1 Å². The van der Waals surface area contributed by atoms with Gasteiger partial charge in [-0.1, -0.05) is 6.07 Å². The average Bonchev–Trinajstić information content (AvgIpc) is 2.28. The van der Waals surface area contributed by atoms with Gasteiger partial charge < -0.3 is 16.2 Å². The summed E-state index contributed by atoms with van der Waals surface area (Å²) in [5.74, 6) is -1.82. The second-order valence-corrected chi connectivity index (χ2v) is 3.46. The first-order valence-electron chi connectivity index (χ1n) is 4.91. The fraction of sp³-hybridized carbons (Fsp3) is 0.200. The minimum Gasteiger partial charge on any atom is -0.480 e. The SMILES string of the molecule is NC(=O)c1ccc(CNCC(=O)O)c([N+](=O)[O-])c1. The van der Waals surface area contributed by atoms with E-state index in [0.29, 0.717) is 0 Å². The molecule has 1 aromatic carbocycles. The lowest BCUT2D eigenvalue weighted by atomic mass is 10.1. The number of nitrogens with one attached hydrogen (secondary N) is 1. The zero-order chi connectivity index (χ0) is 13.7. The van der Waals surface area contributed by atoms with Gasteiger partial charge in [-0.15, -0.1) is 0 Å². The molecule has 0 saturated heterocycles. The third-order valence-electron chi connectivity index (χ3n) is 2.16. The van der Waals surface area contributed by atoms with E-state index >= 15 is 0 Å². The van der Waals surface area contributed by atoms with Gasteiger partial charge in [-0.2, -0.15) is 0 Å². The van der Waals surface area contributed by atoms with E-state index in [9.17, 15) is 19.7 Å². The lowest BCUT2D eigenvalue weighted by Crippen LogP contribution is -2.22. The monoisotopic (exact) mass is 253 g/mol. The lowest BCUT2D eigenvalue weighted by molar-refractivity contribution is -0.385. The molecule has 0 heterocycles. The molecule has 96 valence electrons. The molecule has 0 atom stereocenters. The van der Waals surface area contributed by atoms with E-state index in [1.54, 1.807) is 0 Å². The Labute approximate surface area is 102 Å². The van der Waals surface area contributed by atoms with Crippen molar-refractivity contribution in [2.24, 2.45) is 5.73 Å². The van der Waals surface area contributed by atoms with Gasteiger partial charge in [0.05, 0.1) is 11.5 Å². The number of nitrogens with zero attached hydrogens (tertiary/aromatic N) is 1. The number of carbonyl (C=O) groups is 2. The minimum absolute atomic E-state index is 0.0155. The average molecular weight is 253 g/mol. The van der Waals surface area contributed by atoms with E-state index in [-0.39, 0.29) is 29.9 Å². The van der Waals surface area contributed by atoms with Gasteiger partial charge in [0.1, 0.15) is 0 Å². The Morgan fingerprint density at radius 3 is 2.61 bits per heavy atom.